The molecule has 0 radical (unpaired) electrons. The van der Waals surface area contributed by atoms with E-state index >= 15 is 4.39 Å². The van der Waals surface area contributed by atoms with Crippen LogP contribution in [0.25, 0.3) is 33.2 Å². The van der Waals surface area contributed by atoms with Crippen molar-refractivity contribution in [2.75, 3.05) is 37.1 Å². The van der Waals surface area contributed by atoms with Crippen LogP contribution in [0.4, 0.5) is 25.8 Å². The van der Waals surface area contributed by atoms with E-state index < -0.39 is 47.3 Å². The zero-order valence-electron chi connectivity index (χ0n) is 42.4. The van der Waals surface area contributed by atoms with E-state index in [4.69, 9.17) is 14.2 Å². The number of methoxy groups -OCH3 is 1. The SMILES string of the molecule is C=C(OCc1ccc(NC(=O)[C@H](C)NC(=O)C(NC(=O)CCOCCN(C=O)C(=O)/C=C\C)C(C)C)cc1)N(c1ccc(F)cc1F)c1cc(-c2ccc3nccc(-c4ccnnc4)c3c2)cnc1OC.CCC. The Morgan fingerprint density at radius 3 is 2.23 bits per heavy atom. The van der Waals surface area contributed by atoms with Crippen LogP contribution in [0.15, 0.2) is 128 Å². The number of benzene rings is 3. The minimum absolute atomic E-state index is 0.00945. The molecular weight excluding hydrogens is 953 g/mol. The first kappa shape index (κ1) is 56.5. The van der Waals surface area contributed by atoms with Crippen LogP contribution < -0.4 is 25.6 Å². The lowest BCUT2D eigenvalue weighted by Gasteiger charge is -2.28. The predicted octanol–water partition coefficient (Wildman–Crippen LogP) is 8.83. The molecule has 17 nitrogen and oxygen atoms in total. The van der Waals surface area contributed by atoms with Crippen LogP contribution in [0, 0.1) is 17.6 Å². The Hall–Kier alpha value is -8.45. The van der Waals surface area contributed by atoms with Gasteiger partial charge < -0.3 is 30.2 Å². The number of halogens is 2. The number of rotatable bonds is 23. The Balaban J connectivity index is 0.00000330. The summed E-state index contributed by atoms with van der Waals surface area (Å²) in [7, 11) is 1.41. The molecule has 5 amide bonds. The van der Waals surface area contributed by atoms with Crippen molar-refractivity contribution in [3.63, 3.8) is 0 Å². The highest BCUT2D eigenvalue weighted by Gasteiger charge is 2.28. The summed E-state index contributed by atoms with van der Waals surface area (Å²) in [6.45, 7) is 15.0. The zero-order valence-corrected chi connectivity index (χ0v) is 42.4. The summed E-state index contributed by atoms with van der Waals surface area (Å²) >= 11 is 0. The van der Waals surface area contributed by atoms with E-state index in [1.54, 1.807) is 75.9 Å². The maximum absolute atomic E-state index is 15.7. The van der Waals surface area contributed by atoms with E-state index in [0.29, 0.717) is 23.2 Å². The number of hydrogen-bond donors (Lipinski definition) is 3. The van der Waals surface area contributed by atoms with Crippen LogP contribution in [-0.4, -0.2) is 94.1 Å². The van der Waals surface area contributed by atoms with E-state index in [9.17, 15) is 28.4 Å². The molecule has 0 bridgehead atoms. The van der Waals surface area contributed by atoms with Crippen molar-refractivity contribution >= 4 is 58.0 Å². The second kappa shape index (κ2) is 28.0. The van der Waals surface area contributed by atoms with Gasteiger partial charge in [0.15, 0.2) is 5.88 Å². The molecule has 0 saturated heterocycles. The normalized spacial score (nSPS) is 11.7. The predicted molar refractivity (Wildman–Crippen MR) is 278 cm³/mol. The van der Waals surface area contributed by atoms with Gasteiger partial charge in [0.1, 0.15) is 36.0 Å². The van der Waals surface area contributed by atoms with Crippen LogP contribution in [0.5, 0.6) is 5.88 Å². The molecule has 3 aromatic carbocycles. The number of carbonyl (C=O) groups is 5. The Bertz CT molecular complexity index is 2920. The monoisotopic (exact) mass is 1010 g/mol. The summed E-state index contributed by atoms with van der Waals surface area (Å²) in [6, 6.07) is 19.0. The molecule has 0 aliphatic rings. The second-order valence-corrected chi connectivity index (χ2v) is 17.0. The quantitative estimate of drug-likeness (QED) is 0.0238. The Morgan fingerprint density at radius 2 is 1.57 bits per heavy atom. The fourth-order valence-corrected chi connectivity index (χ4v) is 7.20. The van der Waals surface area contributed by atoms with Gasteiger partial charge in [0.05, 0.1) is 50.5 Å². The van der Waals surface area contributed by atoms with Crippen LogP contribution in [-0.2, 0) is 40.1 Å². The number of fused-ring (bicyclic) bond motifs is 1. The number of aromatic nitrogens is 4. The summed E-state index contributed by atoms with van der Waals surface area (Å²) in [5.41, 5.74) is 5.05. The molecule has 19 heteroatoms. The van der Waals surface area contributed by atoms with Gasteiger partial charge in [-0.05, 0) is 104 Å². The van der Waals surface area contributed by atoms with E-state index in [1.807, 2.05) is 30.3 Å². The smallest absolute Gasteiger partial charge is 0.252 e. The maximum atomic E-state index is 15.7. The number of anilines is 3. The summed E-state index contributed by atoms with van der Waals surface area (Å²) in [6.07, 6.45) is 10.9. The van der Waals surface area contributed by atoms with Crippen molar-refractivity contribution in [3.8, 4) is 28.1 Å². The van der Waals surface area contributed by atoms with Crippen LogP contribution in [0.1, 0.15) is 59.9 Å². The molecule has 0 spiro atoms. The third-order valence-electron chi connectivity index (χ3n) is 11.0. The number of imide groups is 1. The first-order valence-electron chi connectivity index (χ1n) is 23.9. The van der Waals surface area contributed by atoms with E-state index in [1.165, 1.54) is 43.6 Å². The van der Waals surface area contributed by atoms with Crippen molar-refractivity contribution < 1.29 is 47.0 Å². The van der Waals surface area contributed by atoms with Crippen LogP contribution in [0.2, 0.25) is 0 Å². The number of allylic oxidation sites excluding steroid dienone is 1. The van der Waals surface area contributed by atoms with Crippen molar-refractivity contribution in [2.45, 2.75) is 73.1 Å². The molecular formula is C55H61F2N9O8. The van der Waals surface area contributed by atoms with Gasteiger partial charge in [-0.2, -0.15) is 10.2 Å². The van der Waals surface area contributed by atoms with Crippen molar-refractivity contribution in [1.82, 2.24) is 35.7 Å². The van der Waals surface area contributed by atoms with E-state index in [-0.39, 0.29) is 61.8 Å². The highest BCUT2D eigenvalue weighted by Crippen LogP contribution is 2.40. The fourth-order valence-electron chi connectivity index (χ4n) is 7.20. The second-order valence-electron chi connectivity index (χ2n) is 17.0. The van der Waals surface area contributed by atoms with Crippen molar-refractivity contribution in [1.29, 1.82) is 0 Å². The van der Waals surface area contributed by atoms with Gasteiger partial charge in [-0.1, -0.05) is 58.4 Å². The molecule has 3 aromatic heterocycles. The molecule has 0 aliphatic heterocycles. The third-order valence-corrected chi connectivity index (χ3v) is 11.0. The lowest BCUT2D eigenvalue weighted by Crippen LogP contribution is -2.53. The molecule has 2 atom stereocenters. The first-order valence-corrected chi connectivity index (χ1v) is 23.9. The average molecular weight is 1010 g/mol. The van der Waals surface area contributed by atoms with Gasteiger partial charge >= 0.3 is 0 Å². The number of hydrogen-bond acceptors (Lipinski definition) is 13. The number of pyridine rings is 2. The number of amides is 5. The Kier molecular flexibility index (Phi) is 21.3. The third kappa shape index (κ3) is 15.5. The van der Waals surface area contributed by atoms with Gasteiger partial charge in [0.2, 0.25) is 30.0 Å². The van der Waals surface area contributed by atoms with E-state index in [2.05, 4.69) is 56.5 Å². The summed E-state index contributed by atoms with van der Waals surface area (Å²) in [5.74, 6) is -4.01. The summed E-state index contributed by atoms with van der Waals surface area (Å²) < 4.78 is 47.2. The molecule has 6 aromatic rings. The Labute approximate surface area is 429 Å². The molecule has 74 heavy (non-hydrogen) atoms. The first-order chi connectivity index (χ1) is 35.6. The lowest BCUT2D eigenvalue weighted by molar-refractivity contribution is -0.135. The van der Waals surface area contributed by atoms with Crippen LogP contribution in [0.3, 0.4) is 0 Å². The standard InChI is InChI=1S/C52H53F2N9O8.C3H8/c1-7-8-48(66)62(31-64)22-24-70-23-19-47(65)61-49(32(2)3)51(68)59-33(4)50(67)60-40-13-9-35(10-14-40)30-71-34(5)63(45-16-12-39(53)27-43(45)54)46-26-38(28-56-52(46)69-6)36-11-15-44-42(25-36)41(18-20-55-44)37-17-21-57-58-29-37;1-3-2/h7-18,20-21,25-29,31-33,49H,5,19,22-24,30H2,1-4,6H3,(H,59,68)(H,60,67)(H,61,65);3H2,1-2H3/b8-7-;/t33-,49?;/m0./s1. The molecule has 6 rings (SSSR count). The summed E-state index contributed by atoms with van der Waals surface area (Å²) in [5, 5.41) is 16.9. The highest BCUT2D eigenvalue weighted by molar-refractivity contribution is 5.99. The minimum atomic E-state index is -0.996. The molecule has 3 N–H and O–H groups in total. The van der Waals surface area contributed by atoms with Gasteiger partial charge in [-0.15, -0.1) is 0 Å². The van der Waals surface area contributed by atoms with Gasteiger partial charge in [0.25, 0.3) is 5.91 Å². The number of nitrogens with one attached hydrogen (secondary N) is 3. The van der Waals surface area contributed by atoms with Gasteiger partial charge in [-0.25, -0.2) is 13.8 Å². The van der Waals surface area contributed by atoms with Gasteiger partial charge in [-0.3, -0.25) is 38.8 Å². The van der Waals surface area contributed by atoms with Crippen molar-refractivity contribution in [3.05, 3.63) is 145 Å². The van der Waals surface area contributed by atoms with Crippen LogP contribution >= 0.6 is 0 Å². The average Bonchev–Trinajstić information content (AvgIpc) is 3.39. The highest BCUT2D eigenvalue weighted by atomic mass is 19.1. The molecule has 0 aliphatic carbocycles. The Morgan fingerprint density at radius 1 is 0.811 bits per heavy atom. The van der Waals surface area contributed by atoms with Gasteiger partial charge in [0, 0.05) is 47.1 Å². The topological polar surface area (TPSA) is 207 Å². The largest absolute Gasteiger partial charge is 0.479 e. The minimum Gasteiger partial charge on any atom is -0.479 e. The van der Waals surface area contributed by atoms with E-state index in [0.717, 1.165) is 44.6 Å². The number of carbonyl (C=O) groups excluding carboxylic acids is 5. The fraction of sp³-hybridized carbons (Fsp3) is 0.291. The lowest BCUT2D eigenvalue weighted by atomic mass is 9.99. The molecule has 0 saturated carbocycles. The number of ether oxygens (including phenoxy) is 3. The number of nitrogens with zero attached hydrogens (tertiary/aromatic N) is 6. The summed E-state index contributed by atoms with van der Waals surface area (Å²) in [4.78, 5) is 73.6. The van der Waals surface area contributed by atoms with Crippen molar-refractivity contribution in [2.24, 2.45) is 5.92 Å². The molecule has 0 fully saturated rings. The molecule has 3 heterocycles. The molecule has 388 valence electrons. The zero-order chi connectivity index (χ0) is 53.7. The maximum Gasteiger partial charge on any atom is 0.252 e. The molecule has 1 unspecified atom stereocenters.